The lowest BCUT2D eigenvalue weighted by Crippen LogP contribution is -2.21. The molecule has 2 aromatic heterocycles. The van der Waals surface area contributed by atoms with Crippen LogP contribution in [0, 0.1) is 24.0 Å². The highest BCUT2D eigenvalue weighted by Crippen LogP contribution is 2.34. The molecule has 29 heavy (non-hydrogen) atoms. The maximum Gasteiger partial charge on any atom is 0.340 e. The third kappa shape index (κ3) is 5.39. The van der Waals surface area contributed by atoms with Crippen molar-refractivity contribution in [2.75, 3.05) is 11.9 Å². The Hall–Kier alpha value is -3.25. The molecule has 10 nitrogen and oxygen atoms in total. The third-order valence-electron chi connectivity index (χ3n) is 3.42. The summed E-state index contributed by atoms with van der Waals surface area (Å²) in [5, 5.41) is 18.9. The summed E-state index contributed by atoms with van der Waals surface area (Å²) in [6.45, 7) is 2.91. The van der Waals surface area contributed by atoms with Crippen molar-refractivity contribution in [2.24, 2.45) is 0 Å². The molecule has 2 heterocycles. The van der Waals surface area contributed by atoms with Crippen LogP contribution in [0.4, 0.5) is 11.5 Å². The number of nitrogens with zero attached hydrogens (tertiary/aromatic N) is 3. The van der Waals surface area contributed by atoms with Gasteiger partial charge in [0.1, 0.15) is 5.76 Å². The summed E-state index contributed by atoms with van der Waals surface area (Å²) >= 11 is 2.57. The Labute approximate surface area is 172 Å². The van der Waals surface area contributed by atoms with Crippen LogP contribution >= 0.6 is 23.1 Å². The molecule has 150 valence electrons. The minimum Gasteiger partial charge on any atom is -0.452 e. The number of non-ortho nitro benzene ring substituents is 1. The molecule has 0 saturated carbocycles. The average Bonchev–Trinajstić information content (AvgIpc) is 3.27. The summed E-state index contributed by atoms with van der Waals surface area (Å²) in [5.41, 5.74) is 0.532. The van der Waals surface area contributed by atoms with E-state index in [1.165, 1.54) is 41.3 Å². The van der Waals surface area contributed by atoms with Crippen LogP contribution in [-0.2, 0) is 9.53 Å². The van der Waals surface area contributed by atoms with Crippen LogP contribution in [0.25, 0.3) is 0 Å². The predicted molar refractivity (Wildman–Crippen MR) is 104 cm³/mol. The first-order valence-corrected chi connectivity index (χ1v) is 9.80. The number of thiazole rings is 1. The number of amides is 1. The van der Waals surface area contributed by atoms with Gasteiger partial charge < -0.3 is 14.6 Å². The van der Waals surface area contributed by atoms with Gasteiger partial charge >= 0.3 is 5.97 Å². The smallest absolute Gasteiger partial charge is 0.340 e. The SMILES string of the molecule is Cc1csc(Sc2ccc([N+](=O)[O-])cc2C(=O)OCC(=O)Nc2cc(C)on2)n1. The number of nitro groups is 1. The van der Waals surface area contributed by atoms with Crippen LogP contribution in [0.5, 0.6) is 0 Å². The summed E-state index contributed by atoms with van der Waals surface area (Å²) in [4.78, 5) is 39.6. The molecule has 0 aliphatic heterocycles. The number of benzene rings is 1. The Morgan fingerprint density at radius 1 is 1.34 bits per heavy atom. The van der Waals surface area contributed by atoms with E-state index in [2.05, 4.69) is 15.5 Å². The van der Waals surface area contributed by atoms with Crippen molar-refractivity contribution in [1.82, 2.24) is 10.1 Å². The first-order chi connectivity index (χ1) is 13.8. The summed E-state index contributed by atoms with van der Waals surface area (Å²) < 4.78 is 10.5. The molecule has 0 bridgehead atoms. The normalized spacial score (nSPS) is 10.6. The summed E-state index contributed by atoms with van der Waals surface area (Å²) in [5.74, 6) is -0.792. The maximum absolute atomic E-state index is 12.5. The topological polar surface area (TPSA) is 137 Å². The predicted octanol–water partition coefficient (Wildman–Crippen LogP) is 3.60. The van der Waals surface area contributed by atoms with E-state index in [4.69, 9.17) is 9.26 Å². The van der Waals surface area contributed by atoms with Gasteiger partial charge in [0, 0.05) is 34.2 Å². The molecule has 0 atom stereocenters. The standard InChI is InChI=1S/C17H14N4O6S2/c1-9-8-28-17(18-9)29-13-4-3-11(21(24)25)6-12(13)16(23)26-7-15(22)19-14-5-10(2)27-20-14/h3-6,8H,7H2,1-2H3,(H,19,20,22). The highest BCUT2D eigenvalue weighted by atomic mass is 32.2. The first-order valence-electron chi connectivity index (χ1n) is 8.10. The van der Waals surface area contributed by atoms with Gasteiger partial charge in [0.25, 0.3) is 11.6 Å². The fourth-order valence-corrected chi connectivity index (χ4v) is 4.06. The molecule has 0 radical (unpaired) electrons. The van der Waals surface area contributed by atoms with E-state index in [1.54, 1.807) is 6.92 Å². The van der Waals surface area contributed by atoms with Gasteiger partial charge in [-0.05, 0) is 19.9 Å². The third-order valence-corrected chi connectivity index (χ3v) is 5.55. The molecule has 12 heteroatoms. The van der Waals surface area contributed by atoms with Crippen molar-refractivity contribution in [3.63, 3.8) is 0 Å². The summed E-state index contributed by atoms with van der Waals surface area (Å²) in [6.07, 6.45) is 0. The van der Waals surface area contributed by atoms with Crippen LogP contribution in [0.1, 0.15) is 21.8 Å². The highest BCUT2D eigenvalue weighted by Gasteiger charge is 2.21. The lowest BCUT2D eigenvalue weighted by atomic mass is 10.2. The van der Waals surface area contributed by atoms with Gasteiger partial charge in [0.15, 0.2) is 16.8 Å². The van der Waals surface area contributed by atoms with E-state index < -0.39 is 23.4 Å². The highest BCUT2D eigenvalue weighted by molar-refractivity contribution is 8.01. The number of carbonyl (C=O) groups excluding carboxylic acids is 2. The van der Waals surface area contributed by atoms with E-state index in [1.807, 2.05) is 12.3 Å². The summed E-state index contributed by atoms with van der Waals surface area (Å²) in [7, 11) is 0. The van der Waals surface area contributed by atoms with Crippen molar-refractivity contribution in [3.8, 4) is 0 Å². The molecule has 0 unspecified atom stereocenters. The van der Waals surface area contributed by atoms with E-state index in [0.717, 1.165) is 11.8 Å². The Morgan fingerprint density at radius 2 is 2.14 bits per heavy atom. The van der Waals surface area contributed by atoms with Gasteiger partial charge in [-0.2, -0.15) is 0 Å². The molecule has 0 fully saturated rings. The maximum atomic E-state index is 12.5. The minimum atomic E-state index is -0.865. The van der Waals surface area contributed by atoms with Gasteiger partial charge in [0.2, 0.25) is 0 Å². The zero-order chi connectivity index (χ0) is 21.0. The number of aryl methyl sites for hydroxylation is 2. The van der Waals surface area contributed by atoms with Crippen molar-refractivity contribution in [1.29, 1.82) is 0 Å². The van der Waals surface area contributed by atoms with Crippen LogP contribution < -0.4 is 5.32 Å². The molecular formula is C17H14N4O6S2. The minimum absolute atomic E-state index is 0.0258. The fraction of sp³-hybridized carbons (Fsp3) is 0.176. The van der Waals surface area contributed by atoms with Crippen LogP contribution in [0.15, 0.2) is 43.4 Å². The lowest BCUT2D eigenvalue weighted by molar-refractivity contribution is -0.384. The zero-order valence-electron chi connectivity index (χ0n) is 15.2. The second-order valence-electron chi connectivity index (χ2n) is 5.74. The van der Waals surface area contributed by atoms with E-state index in [0.29, 0.717) is 15.0 Å². The van der Waals surface area contributed by atoms with Crippen molar-refractivity contribution >= 4 is 46.5 Å². The molecule has 1 amide bonds. The van der Waals surface area contributed by atoms with E-state index in [9.17, 15) is 19.7 Å². The number of esters is 1. The second-order valence-corrected chi connectivity index (χ2v) is 7.89. The number of hydrogen-bond donors (Lipinski definition) is 1. The number of carbonyl (C=O) groups is 2. The second kappa shape index (κ2) is 8.84. The molecule has 0 spiro atoms. The van der Waals surface area contributed by atoms with Gasteiger partial charge in [-0.25, -0.2) is 9.78 Å². The monoisotopic (exact) mass is 434 g/mol. The molecule has 3 rings (SSSR count). The Bertz CT molecular complexity index is 1080. The Balaban J connectivity index is 1.73. The quantitative estimate of drug-likeness (QED) is 0.336. The molecule has 3 aromatic rings. The van der Waals surface area contributed by atoms with E-state index in [-0.39, 0.29) is 17.1 Å². The number of nitrogens with one attached hydrogen (secondary N) is 1. The largest absolute Gasteiger partial charge is 0.452 e. The number of hydrogen-bond acceptors (Lipinski definition) is 10. The number of nitro benzene ring substituents is 1. The van der Waals surface area contributed by atoms with E-state index >= 15 is 0 Å². The number of rotatable bonds is 7. The molecule has 0 saturated heterocycles. The molecule has 0 aliphatic carbocycles. The Morgan fingerprint density at radius 3 is 2.76 bits per heavy atom. The van der Waals surface area contributed by atoms with Crippen LogP contribution in [-0.4, -0.2) is 33.5 Å². The fourth-order valence-electron chi connectivity index (χ4n) is 2.17. The molecule has 1 N–H and O–H groups in total. The van der Waals surface area contributed by atoms with Crippen LogP contribution in [0.3, 0.4) is 0 Å². The molecule has 0 aliphatic rings. The first kappa shape index (κ1) is 20.5. The van der Waals surface area contributed by atoms with Gasteiger partial charge in [-0.1, -0.05) is 16.9 Å². The lowest BCUT2D eigenvalue weighted by Gasteiger charge is -2.08. The van der Waals surface area contributed by atoms with Crippen molar-refractivity contribution in [2.45, 2.75) is 23.1 Å². The number of anilines is 1. The van der Waals surface area contributed by atoms with Crippen LogP contribution in [0.2, 0.25) is 0 Å². The van der Waals surface area contributed by atoms with Gasteiger partial charge in [-0.15, -0.1) is 11.3 Å². The Kier molecular flexibility index (Phi) is 6.24. The average molecular weight is 434 g/mol. The van der Waals surface area contributed by atoms with Gasteiger partial charge in [-0.3, -0.25) is 14.9 Å². The number of ether oxygens (including phenoxy) is 1. The molecular weight excluding hydrogens is 420 g/mol. The summed E-state index contributed by atoms with van der Waals surface area (Å²) in [6, 6.07) is 5.36. The van der Waals surface area contributed by atoms with Gasteiger partial charge in [0.05, 0.1) is 10.5 Å². The molecule has 1 aromatic carbocycles. The van der Waals surface area contributed by atoms with Crippen molar-refractivity contribution < 1.29 is 23.8 Å². The number of aromatic nitrogens is 2. The van der Waals surface area contributed by atoms with Crippen molar-refractivity contribution in [3.05, 3.63) is 56.8 Å². The zero-order valence-corrected chi connectivity index (χ0v) is 16.8.